The van der Waals surface area contributed by atoms with Gasteiger partial charge in [0.2, 0.25) is 5.91 Å². The summed E-state index contributed by atoms with van der Waals surface area (Å²) >= 11 is 0. The predicted molar refractivity (Wildman–Crippen MR) is 92.5 cm³/mol. The molecule has 0 saturated carbocycles. The fourth-order valence-corrected chi connectivity index (χ4v) is 2.62. The van der Waals surface area contributed by atoms with E-state index in [2.05, 4.69) is 5.32 Å². The van der Waals surface area contributed by atoms with Crippen molar-refractivity contribution in [1.29, 1.82) is 0 Å². The first kappa shape index (κ1) is 17.0. The highest BCUT2D eigenvalue weighted by Crippen LogP contribution is 2.26. The van der Waals surface area contributed by atoms with Crippen molar-refractivity contribution in [2.45, 2.75) is 46.7 Å². The van der Waals surface area contributed by atoms with E-state index in [0.29, 0.717) is 5.56 Å². The highest BCUT2D eigenvalue weighted by molar-refractivity contribution is 5.97. The number of nitrogens with one attached hydrogen (secondary N) is 1. The molecule has 0 fully saturated rings. The summed E-state index contributed by atoms with van der Waals surface area (Å²) in [5, 5.41) is 2.98. The van der Waals surface area contributed by atoms with Crippen LogP contribution >= 0.6 is 0 Å². The third kappa shape index (κ3) is 3.89. The zero-order chi connectivity index (χ0) is 17.0. The van der Waals surface area contributed by atoms with Crippen LogP contribution in [0.2, 0.25) is 0 Å². The number of rotatable bonds is 6. The van der Waals surface area contributed by atoms with Crippen molar-refractivity contribution < 1.29 is 9.59 Å². The summed E-state index contributed by atoms with van der Waals surface area (Å²) in [6.45, 7) is 7.68. The number of nitrogens with zero attached hydrogens (tertiary/aromatic N) is 1. The van der Waals surface area contributed by atoms with E-state index in [9.17, 15) is 9.59 Å². The molecule has 1 heterocycles. The van der Waals surface area contributed by atoms with E-state index in [1.54, 1.807) is 6.92 Å². The molecule has 0 aliphatic rings. The topological polar surface area (TPSA) is 51.1 Å². The standard InChI is InChI=1S/C19H24N2O2/c1-5-13(2)20-19(23)12-21-14(3)17(15(4)22)11-18(21)16-9-7-6-8-10-16/h6-11,13H,5,12H2,1-4H3,(H,20,23)/t13-/m0/s1. The van der Waals surface area contributed by atoms with Gasteiger partial charge < -0.3 is 9.88 Å². The molecule has 0 saturated heterocycles. The van der Waals surface area contributed by atoms with Gasteiger partial charge in [-0.3, -0.25) is 9.59 Å². The first-order chi connectivity index (χ1) is 10.9. The van der Waals surface area contributed by atoms with E-state index < -0.39 is 0 Å². The molecule has 1 amide bonds. The molecule has 0 bridgehead atoms. The molecule has 1 atom stereocenters. The maximum absolute atomic E-state index is 12.3. The lowest BCUT2D eigenvalue weighted by Gasteiger charge is -2.15. The maximum Gasteiger partial charge on any atom is 0.240 e. The van der Waals surface area contributed by atoms with Crippen LogP contribution in [0.1, 0.15) is 43.2 Å². The molecule has 0 spiro atoms. The Balaban J connectivity index is 2.40. The van der Waals surface area contributed by atoms with Crippen molar-refractivity contribution in [2.24, 2.45) is 0 Å². The van der Waals surface area contributed by atoms with Gasteiger partial charge in [-0.15, -0.1) is 0 Å². The monoisotopic (exact) mass is 312 g/mol. The lowest BCUT2D eigenvalue weighted by Crippen LogP contribution is -2.35. The maximum atomic E-state index is 12.3. The molecule has 4 nitrogen and oxygen atoms in total. The molecule has 0 aliphatic heterocycles. The summed E-state index contributed by atoms with van der Waals surface area (Å²) in [6.07, 6.45) is 0.890. The zero-order valence-corrected chi connectivity index (χ0v) is 14.2. The van der Waals surface area contributed by atoms with Gasteiger partial charge in [0.1, 0.15) is 6.54 Å². The van der Waals surface area contributed by atoms with Crippen molar-refractivity contribution >= 4 is 11.7 Å². The Labute approximate surface area is 137 Å². The Morgan fingerprint density at radius 3 is 2.43 bits per heavy atom. The molecule has 0 unspecified atom stereocenters. The number of carbonyl (C=O) groups is 2. The number of benzene rings is 1. The average molecular weight is 312 g/mol. The summed E-state index contributed by atoms with van der Waals surface area (Å²) < 4.78 is 1.92. The fraction of sp³-hybridized carbons (Fsp3) is 0.368. The van der Waals surface area contributed by atoms with E-state index in [-0.39, 0.29) is 24.3 Å². The second-order valence-corrected chi connectivity index (χ2v) is 5.91. The van der Waals surface area contributed by atoms with Gasteiger partial charge in [-0.1, -0.05) is 37.3 Å². The Morgan fingerprint density at radius 2 is 1.87 bits per heavy atom. The summed E-state index contributed by atoms with van der Waals surface area (Å²) in [5.74, 6) is -0.0221. The molecule has 0 radical (unpaired) electrons. The van der Waals surface area contributed by atoms with Crippen LogP contribution in [0, 0.1) is 6.92 Å². The third-order valence-corrected chi connectivity index (χ3v) is 4.14. The number of amides is 1. The molecular formula is C19H24N2O2. The van der Waals surface area contributed by atoms with Gasteiger partial charge >= 0.3 is 0 Å². The Kier molecular flexibility index (Phi) is 5.37. The number of hydrogen-bond donors (Lipinski definition) is 1. The zero-order valence-electron chi connectivity index (χ0n) is 14.2. The fourth-order valence-electron chi connectivity index (χ4n) is 2.62. The van der Waals surface area contributed by atoms with Crippen molar-refractivity contribution in [3.63, 3.8) is 0 Å². The van der Waals surface area contributed by atoms with Crippen molar-refractivity contribution in [2.75, 3.05) is 0 Å². The summed E-state index contributed by atoms with van der Waals surface area (Å²) in [5.41, 5.74) is 3.39. The summed E-state index contributed by atoms with van der Waals surface area (Å²) in [7, 11) is 0. The van der Waals surface area contributed by atoms with Crippen LogP contribution in [0.25, 0.3) is 11.3 Å². The van der Waals surface area contributed by atoms with E-state index in [0.717, 1.165) is 23.4 Å². The lowest BCUT2D eigenvalue weighted by atomic mass is 10.1. The number of hydrogen-bond acceptors (Lipinski definition) is 2. The van der Waals surface area contributed by atoms with Crippen LogP contribution < -0.4 is 5.32 Å². The summed E-state index contributed by atoms with van der Waals surface area (Å²) in [4.78, 5) is 24.1. The van der Waals surface area contributed by atoms with Gasteiger partial charge in [-0.25, -0.2) is 0 Å². The number of ketones is 1. The Morgan fingerprint density at radius 1 is 1.22 bits per heavy atom. The molecule has 4 heteroatoms. The largest absolute Gasteiger partial charge is 0.352 e. The lowest BCUT2D eigenvalue weighted by molar-refractivity contribution is -0.122. The van der Waals surface area contributed by atoms with Crippen LogP contribution in [-0.2, 0) is 11.3 Å². The molecule has 0 aliphatic carbocycles. The van der Waals surface area contributed by atoms with Gasteiger partial charge in [0.25, 0.3) is 0 Å². The highest BCUT2D eigenvalue weighted by atomic mass is 16.2. The SMILES string of the molecule is CC[C@H](C)NC(=O)Cn1c(-c2ccccc2)cc(C(C)=O)c1C. The van der Waals surface area contributed by atoms with Crippen LogP contribution in [0.15, 0.2) is 36.4 Å². The van der Waals surface area contributed by atoms with E-state index in [1.807, 2.05) is 61.7 Å². The number of Topliss-reactive ketones (excluding diaryl/α,β-unsaturated/α-hetero) is 1. The molecule has 1 N–H and O–H groups in total. The first-order valence-corrected chi connectivity index (χ1v) is 7.99. The van der Waals surface area contributed by atoms with Gasteiger partial charge in [0.15, 0.2) is 5.78 Å². The van der Waals surface area contributed by atoms with Gasteiger partial charge in [-0.2, -0.15) is 0 Å². The van der Waals surface area contributed by atoms with Gasteiger partial charge in [0, 0.05) is 23.0 Å². The molecule has 2 rings (SSSR count). The molecule has 1 aromatic carbocycles. The predicted octanol–water partition coefficient (Wildman–Crippen LogP) is 3.58. The van der Waals surface area contributed by atoms with Crippen molar-refractivity contribution in [3.8, 4) is 11.3 Å². The quantitative estimate of drug-likeness (QED) is 0.829. The second-order valence-electron chi connectivity index (χ2n) is 5.91. The highest BCUT2D eigenvalue weighted by Gasteiger charge is 2.18. The number of aromatic nitrogens is 1. The molecule has 2 aromatic rings. The van der Waals surface area contributed by atoms with Crippen LogP contribution in [-0.4, -0.2) is 22.3 Å². The molecule has 1 aromatic heterocycles. The molecular weight excluding hydrogens is 288 g/mol. The van der Waals surface area contributed by atoms with E-state index >= 15 is 0 Å². The smallest absolute Gasteiger partial charge is 0.240 e. The molecule has 122 valence electrons. The summed E-state index contributed by atoms with van der Waals surface area (Å²) in [6, 6.07) is 11.9. The van der Waals surface area contributed by atoms with Gasteiger partial charge in [-0.05, 0) is 38.8 Å². The van der Waals surface area contributed by atoms with Gasteiger partial charge in [0.05, 0.1) is 0 Å². The number of carbonyl (C=O) groups excluding carboxylic acids is 2. The minimum Gasteiger partial charge on any atom is -0.352 e. The second kappa shape index (κ2) is 7.27. The van der Waals surface area contributed by atoms with Crippen molar-refractivity contribution in [3.05, 3.63) is 47.7 Å². The van der Waals surface area contributed by atoms with Crippen LogP contribution in [0.4, 0.5) is 0 Å². The minimum atomic E-state index is -0.0367. The normalized spacial score (nSPS) is 12.0. The first-order valence-electron chi connectivity index (χ1n) is 7.99. The van der Waals surface area contributed by atoms with Crippen LogP contribution in [0.3, 0.4) is 0 Å². The molecule has 23 heavy (non-hydrogen) atoms. The van der Waals surface area contributed by atoms with E-state index in [4.69, 9.17) is 0 Å². The van der Waals surface area contributed by atoms with Crippen LogP contribution in [0.5, 0.6) is 0 Å². The Hall–Kier alpha value is -2.36. The van der Waals surface area contributed by atoms with E-state index in [1.165, 1.54) is 0 Å². The average Bonchev–Trinajstić information content (AvgIpc) is 2.85. The Bertz CT molecular complexity index is 702. The third-order valence-electron chi connectivity index (χ3n) is 4.14. The minimum absolute atomic E-state index is 0.0146. The van der Waals surface area contributed by atoms with Crippen molar-refractivity contribution in [1.82, 2.24) is 9.88 Å².